The average Bonchev–Trinajstić information content (AvgIpc) is 2.72. The summed E-state index contributed by atoms with van der Waals surface area (Å²) in [6.45, 7) is -0.104. The number of alkyl halides is 3. The van der Waals surface area contributed by atoms with Crippen LogP contribution in [0.25, 0.3) is 0 Å². The summed E-state index contributed by atoms with van der Waals surface area (Å²) in [5, 5.41) is 0. The third kappa shape index (κ3) is 4.94. The zero-order valence-corrected chi connectivity index (χ0v) is 16.1. The molecule has 1 aliphatic heterocycles. The molecule has 1 fully saturated rings. The highest BCUT2D eigenvalue weighted by molar-refractivity contribution is 7.89. The average molecular weight is 428 g/mol. The molecule has 0 amide bonds. The first-order valence-electron chi connectivity index (χ1n) is 8.92. The molecule has 0 saturated carbocycles. The second-order valence-corrected chi connectivity index (χ2v) is 8.51. The van der Waals surface area contributed by atoms with Crippen LogP contribution in [-0.2, 0) is 32.3 Å². The van der Waals surface area contributed by atoms with Gasteiger partial charge in [-0.25, -0.2) is 8.42 Å². The number of piperidine rings is 1. The van der Waals surface area contributed by atoms with Crippen LogP contribution in [0.5, 0.6) is 0 Å². The number of carbonyl (C=O) groups is 1. The van der Waals surface area contributed by atoms with Gasteiger partial charge in [-0.2, -0.15) is 17.5 Å². The van der Waals surface area contributed by atoms with Gasteiger partial charge in [0.25, 0.3) is 0 Å². The van der Waals surface area contributed by atoms with Gasteiger partial charge in [-0.05, 0) is 37.1 Å². The second kappa shape index (κ2) is 8.50. The van der Waals surface area contributed by atoms with E-state index in [0.29, 0.717) is 5.69 Å². The quantitative estimate of drug-likeness (QED) is 0.684. The smallest absolute Gasteiger partial charge is 0.417 e. The highest BCUT2D eigenvalue weighted by Gasteiger charge is 2.40. The number of sulfonamides is 1. The lowest BCUT2D eigenvalue weighted by molar-refractivity contribution is -0.151. The van der Waals surface area contributed by atoms with Crippen molar-refractivity contribution in [2.45, 2.75) is 30.5 Å². The fraction of sp³-hybridized carbons (Fsp3) is 0.368. The number of aromatic nitrogens is 1. The van der Waals surface area contributed by atoms with Crippen molar-refractivity contribution in [1.82, 2.24) is 9.29 Å². The van der Waals surface area contributed by atoms with Crippen molar-refractivity contribution in [3.05, 3.63) is 59.9 Å². The van der Waals surface area contributed by atoms with E-state index in [2.05, 4.69) is 4.98 Å². The minimum absolute atomic E-state index is 0.0111. The molecule has 0 atom stereocenters. The van der Waals surface area contributed by atoms with E-state index in [1.54, 1.807) is 24.4 Å². The van der Waals surface area contributed by atoms with Crippen molar-refractivity contribution < 1.29 is 31.1 Å². The second-order valence-electron chi connectivity index (χ2n) is 6.60. The molecule has 0 N–H and O–H groups in total. The van der Waals surface area contributed by atoms with Crippen LogP contribution in [0.15, 0.2) is 53.6 Å². The van der Waals surface area contributed by atoms with Crippen LogP contribution in [-0.4, -0.2) is 36.8 Å². The maximum absolute atomic E-state index is 13.2. The van der Waals surface area contributed by atoms with Crippen LogP contribution in [0.4, 0.5) is 13.2 Å². The molecule has 1 aromatic heterocycles. The molecule has 3 rings (SSSR count). The number of carbonyl (C=O) groups excluding carboxylic acids is 1. The first-order chi connectivity index (χ1) is 13.7. The molecule has 1 aliphatic rings. The Balaban J connectivity index is 1.64. The Bertz CT molecular complexity index is 957. The number of ether oxygens (including phenoxy) is 1. The van der Waals surface area contributed by atoms with E-state index >= 15 is 0 Å². The number of nitrogens with zero attached hydrogens (tertiary/aromatic N) is 2. The fourth-order valence-corrected chi connectivity index (χ4v) is 4.83. The molecule has 0 radical (unpaired) electrons. The SMILES string of the molecule is O=C(OCc1ccccn1)C1CCN(S(=O)(=O)c2ccccc2C(F)(F)F)CC1. The van der Waals surface area contributed by atoms with Crippen LogP contribution in [0.2, 0.25) is 0 Å². The number of esters is 1. The lowest BCUT2D eigenvalue weighted by Crippen LogP contribution is -2.41. The Morgan fingerprint density at radius 3 is 2.38 bits per heavy atom. The lowest BCUT2D eigenvalue weighted by atomic mass is 9.98. The van der Waals surface area contributed by atoms with Crippen molar-refractivity contribution in [3.63, 3.8) is 0 Å². The molecule has 1 saturated heterocycles. The molecular weight excluding hydrogens is 409 g/mol. The molecule has 0 aliphatic carbocycles. The van der Waals surface area contributed by atoms with Crippen LogP contribution in [0, 0.1) is 5.92 Å². The van der Waals surface area contributed by atoms with E-state index < -0.39 is 38.5 Å². The largest absolute Gasteiger partial charge is 0.459 e. The van der Waals surface area contributed by atoms with Gasteiger partial charge in [-0.15, -0.1) is 0 Å². The monoisotopic (exact) mass is 428 g/mol. The van der Waals surface area contributed by atoms with Gasteiger partial charge in [0.1, 0.15) is 6.61 Å². The molecule has 1 aromatic carbocycles. The minimum atomic E-state index is -4.78. The number of pyridine rings is 1. The highest BCUT2D eigenvalue weighted by atomic mass is 32.2. The minimum Gasteiger partial charge on any atom is -0.459 e. The molecule has 29 heavy (non-hydrogen) atoms. The molecule has 2 aromatic rings. The molecule has 0 spiro atoms. The van der Waals surface area contributed by atoms with Gasteiger partial charge in [-0.1, -0.05) is 18.2 Å². The Morgan fingerprint density at radius 1 is 1.10 bits per heavy atom. The fourth-order valence-electron chi connectivity index (χ4n) is 3.14. The van der Waals surface area contributed by atoms with Gasteiger partial charge >= 0.3 is 12.1 Å². The van der Waals surface area contributed by atoms with Crippen molar-refractivity contribution in [3.8, 4) is 0 Å². The van der Waals surface area contributed by atoms with Gasteiger partial charge in [0, 0.05) is 19.3 Å². The Labute approximate surface area is 166 Å². The molecule has 0 unspecified atom stereocenters. The number of hydrogen-bond donors (Lipinski definition) is 0. The van der Waals surface area contributed by atoms with E-state index in [1.807, 2.05) is 0 Å². The van der Waals surface area contributed by atoms with Crippen molar-refractivity contribution in [2.75, 3.05) is 13.1 Å². The van der Waals surface area contributed by atoms with Crippen molar-refractivity contribution >= 4 is 16.0 Å². The van der Waals surface area contributed by atoms with Crippen LogP contribution >= 0.6 is 0 Å². The normalized spacial score (nSPS) is 16.5. The summed E-state index contributed by atoms with van der Waals surface area (Å²) in [5.74, 6) is -0.980. The zero-order valence-electron chi connectivity index (χ0n) is 15.3. The van der Waals surface area contributed by atoms with Gasteiger partial charge in [0.05, 0.1) is 22.1 Å². The zero-order chi connectivity index (χ0) is 21.1. The van der Waals surface area contributed by atoms with Gasteiger partial charge in [0.2, 0.25) is 10.0 Å². The third-order valence-electron chi connectivity index (χ3n) is 4.69. The summed E-state index contributed by atoms with van der Waals surface area (Å²) < 4.78 is 71.3. The molecule has 10 heteroatoms. The Morgan fingerprint density at radius 2 is 1.76 bits per heavy atom. The summed E-state index contributed by atoms with van der Waals surface area (Å²) in [5.41, 5.74) is -0.610. The first kappa shape index (κ1) is 21.3. The van der Waals surface area contributed by atoms with Crippen LogP contribution in [0.1, 0.15) is 24.1 Å². The summed E-state index contributed by atoms with van der Waals surface area (Å²) in [6.07, 6.45) is -2.86. The van der Waals surface area contributed by atoms with E-state index in [4.69, 9.17) is 4.74 Å². The number of rotatable bonds is 5. The van der Waals surface area contributed by atoms with Gasteiger partial charge in [-0.3, -0.25) is 9.78 Å². The lowest BCUT2D eigenvalue weighted by Gasteiger charge is -2.30. The van der Waals surface area contributed by atoms with E-state index in [-0.39, 0.29) is 32.5 Å². The predicted molar refractivity (Wildman–Crippen MR) is 97.0 cm³/mol. The highest BCUT2D eigenvalue weighted by Crippen LogP contribution is 2.36. The van der Waals surface area contributed by atoms with E-state index in [1.165, 1.54) is 6.07 Å². The van der Waals surface area contributed by atoms with Crippen molar-refractivity contribution in [2.24, 2.45) is 5.92 Å². The molecule has 2 heterocycles. The van der Waals surface area contributed by atoms with Crippen LogP contribution < -0.4 is 0 Å². The summed E-state index contributed by atoms with van der Waals surface area (Å²) in [6, 6.07) is 9.30. The topological polar surface area (TPSA) is 76.6 Å². The molecular formula is C19H19F3N2O4S. The predicted octanol–water partition coefficient (Wildman–Crippen LogP) is 3.24. The van der Waals surface area contributed by atoms with E-state index in [9.17, 15) is 26.4 Å². The third-order valence-corrected chi connectivity index (χ3v) is 6.64. The summed E-state index contributed by atoms with van der Waals surface area (Å²) >= 11 is 0. The van der Waals surface area contributed by atoms with Crippen molar-refractivity contribution in [1.29, 1.82) is 0 Å². The van der Waals surface area contributed by atoms with Crippen LogP contribution in [0.3, 0.4) is 0 Å². The standard InChI is InChI=1S/C19H19F3N2O4S/c20-19(21,22)16-6-1-2-7-17(16)29(26,27)24-11-8-14(9-12-24)18(25)28-13-15-5-3-4-10-23-15/h1-7,10,14H,8-9,11-13H2. The van der Waals surface area contributed by atoms with E-state index in [0.717, 1.165) is 22.5 Å². The van der Waals surface area contributed by atoms with Gasteiger partial charge < -0.3 is 4.74 Å². The molecule has 0 bridgehead atoms. The first-order valence-corrected chi connectivity index (χ1v) is 10.4. The number of hydrogen-bond acceptors (Lipinski definition) is 5. The summed E-state index contributed by atoms with van der Waals surface area (Å²) in [4.78, 5) is 15.5. The maximum atomic E-state index is 13.2. The van der Waals surface area contributed by atoms with Gasteiger partial charge in [0.15, 0.2) is 0 Å². The molecule has 156 valence electrons. The maximum Gasteiger partial charge on any atom is 0.417 e. The Hall–Kier alpha value is -2.46. The molecule has 6 nitrogen and oxygen atoms in total. The number of halogens is 3. The Kier molecular flexibility index (Phi) is 6.23. The summed E-state index contributed by atoms with van der Waals surface area (Å²) in [7, 11) is -4.33. The number of benzene rings is 1.